The third-order valence-electron chi connectivity index (χ3n) is 5.34. The van der Waals surface area contributed by atoms with Crippen molar-refractivity contribution < 1.29 is 18.7 Å². The molecular formula is C21H19FN2O3. The number of aldehydes is 1. The lowest BCUT2D eigenvalue weighted by Crippen LogP contribution is -2.53. The zero-order chi connectivity index (χ0) is 19.0. The molecular weight excluding hydrogens is 347 g/mol. The Labute approximate surface area is 156 Å². The number of rotatable bonds is 5. The van der Waals surface area contributed by atoms with Gasteiger partial charge in [0.2, 0.25) is 0 Å². The van der Waals surface area contributed by atoms with E-state index in [-0.39, 0.29) is 24.9 Å². The number of nitrogens with zero attached hydrogens (tertiary/aromatic N) is 2. The molecule has 2 aromatic carbocycles. The minimum atomic E-state index is -0.794. The number of benzene rings is 2. The third kappa shape index (κ3) is 2.63. The second-order valence-electron chi connectivity index (χ2n) is 6.83. The van der Waals surface area contributed by atoms with Crippen LogP contribution in [0.15, 0.2) is 53.6 Å². The van der Waals surface area contributed by atoms with E-state index in [1.54, 1.807) is 11.1 Å². The molecule has 2 aliphatic heterocycles. The van der Waals surface area contributed by atoms with Gasteiger partial charge in [0.1, 0.15) is 41.9 Å². The lowest BCUT2D eigenvalue weighted by molar-refractivity contribution is -0.111. The molecule has 0 bridgehead atoms. The Bertz CT molecular complexity index is 928. The zero-order valence-corrected chi connectivity index (χ0v) is 14.9. The average molecular weight is 366 g/mol. The van der Waals surface area contributed by atoms with E-state index in [0.29, 0.717) is 23.6 Å². The van der Waals surface area contributed by atoms with Crippen molar-refractivity contribution >= 4 is 23.5 Å². The van der Waals surface area contributed by atoms with Crippen molar-refractivity contribution in [3.05, 3.63) is 59.9 Å². The summed E-state index contributed by atoms with van der Waals surface area (Å²) in [7, 11) is 0. The Morgan fingerprint density at radius 1 is 1.33 bits per heavy atom. The van der Waals surface area contributed by atoms with Gasteiger partial charge in [0.15, 0.2) is 5.78 Å². The van der Waals surface area contributed by atoms with Crippen LogP contribution in [0.25, 0.3) is 0 Å². The summed E-state index contributed by atoms with van der Waals surface area (Å²) >= 11 is 0. The smallest absolute Gasteiger partial charge is 0.176 e. The molecule has 0 aliphatic carbocycles. The first-order valence-electron chi connectivity index (χ1n) is 8.88. The number of Topliss-reactive ketones (excluding diaryl/α,β-unsaturated/α-hetero) is 1. The number of hydrogen-bond acceptors (Lipinski definition) is 5. The molecule has 4 rings (SSSR count). The average Bonchev–Trinajstić information content (AvgIpc) is 3.03. The number of ketones is 1. The van der Waals surface area contributed by atoms with E-state index >= 15 is 0 Å². The van der Waals surface area contributed by atoms with Crippen molar-refractivity contribution in [1.82, 2.24) is 0 Å². The fraction of sp³-hybridized carbons (Fsp3) is 0.286. The van der Waals surface area contributed by atoms with E-state index in [4.69, 9.17) is 4.74 Å². The largest absolute Gasteiger partial charge is 0.489 e. The van der Waals surface area contributed by atoms with Crippen molar-refractivity contribution in [3.8, 4) is 5.75 Å². The van der Waals surface area contributed by atoms with Crippen LogP contribution in [0.2, 0.25) is 0 Å². The summed E-state index contributed by atoms with van der Waals surface area (Å²) in [6.07, 6.45) is 1.55. The van der Waals surface area contributed by atoms with E-state index in [0.717, 1.165) is 11.8 Å². The topological polar surface area (TPSA) is 59.0 Å². The maximum absolute atomic E-state index is 13.9. The highest BCUT2D eigenvalue weighted by Crippen LogP contribution is 2.48. The molecule has 0 radical (unpaired) electrons. The van der Waals surface area contributed by atoms with Gasteiger partial charge in [-0.25, -0.2) is 4.39 Å². The van der Waals surface area contributed by atoms with E-state index in [2.05, 4.69) is 5.10 Å². The Balaban J connectivity index is 1.92. The Morgan fingerprint density at radius 3 is 2.81 bits per heavy atom. The van der Waals surface area contributed by atoms with E-state index in [1.165, 1.54) is 19.1 Å². The van der Waals surface area contributed by atoms with Crippen LogP contribution in [-0.2, 0) is 15.0 Å². The molecule has 0 saturated carbocycles. The predicted octanol–water partition coefficient (Wildman–Crippen LogP) is 3.27. The molecule has 2 aromatic rings. The number of anilines is 1. The van der Waals surface area contributed by atoms with Crippen molar-refractivity contribution in [2.45, 2.75) is 31.2 Å². The molecule has 0 N–H and O–H groups in total. The normalized spacial score (nSPS) is 23.1. The van der Waals surface area contributed by atoms with Gasteiger partial charge in [0.05, 0.1) is 5.41 Å². The summed E-state index contributed by atoms with van der Waals surface area (Å²) in [5, 5.41) is 6.30. The maximum atomic E-state index is 13.9. The molecule has 2 atom stereocenters. The van der Waals surface area contributed by atoms with E-state index in [9.17, 15) is 14.0 Å². The van der Waals surface area contributed by atoms with Gasteiger partial charge in [-0.2, -0.15) is 5.10 Å². The quantitative estimate of drug-likeness (QED) is 0.762. The summed E-state index contributed by atoms with van der Waals surface area (Å²) in [5.74, 6) is -0.0432. The summed E-state index contributed by atoms with van der Waals surface area (Å²) in [6.45, 7) is 1.76. The maximum Gasteiger partial charge on any atom is 0.176 e. The van der Waals surface area contributed by atoms with Gasteiger partial charge in [-0.15, -0.1) is 0 Å². The van der Waals surface area contributed by atoms with E-state index < -0.39 is 11.2 Å². The second-order valence-corrected chi connectivity index (χ2v) is 6.83. The van der Waals surface area contributed by atoms with Gasteiger partial charge < -0.3 is 9.53 Å². The molecule has 2 aliphatic rings. The summed E-state index contributed by atoms with van der Waals surface area (Å²) < 4.78 is 19.8. The van der Waals surface area contributed by atoms with Crippen molar-refractivity contribution in [2.24, 2.45) is 5.10 Å². The molecule has 6 heteroatoms. The van der Waals surface area contributed by atoms with Crippen LogP contribution in [0.4, 0.5) is 10.1 Å². The first-order valence-corrected chi connectivity index (χ1v) is 8.88. The van der Waals surface area contributed by atoms with Crippen LogP contribution in [0.1, 0.15) is 25.3 Å². The lowest BCUT2D eigenvalue weighted by atomic mass is 9.67. The Hall–Kier alpha value is -3.02. The molecule has 0 aromatic heterocycles. The molecule has 0 fully saturated rings. The molecule has 138 valence electrons. The standard InChI is InChI=1S/C21H19FN2O3/c1-14(26)20-21(10-5-11-25,15-6-3-2-4-7-15)19-13-27-18-9-8-16(22)12-17(18)24(19)23-20/h2-4,6-9,11-12,19H,5,10,13H2,1H3. The van der Waals surface area contributed by atoms with Gasteiger partial charge in [-0.05, 0) is 24.1 Å². The fourth-order valence-electron chi connectivity index (χ4n) is 4.19. The van der Waals surface area contributed by atoms with Crippen molar-refractivity contribution in [2.75, 3.05) is 11.6 Å². The minimum Gasteiger partial charge on any atom is -0.489 e. The second kappa shape index (κ2) is 6.61. The molecule has 2 unspecified atom stereocenters. The van der Waals surface area contributed by atoms with Crippen LogP contribution in [0.5, 0.6) is 5.75 Å². The molecule has 2 heterocycles. The number of ether oxygens (including phenoxy) is 1. The van der Waals surface area contributed by atoms with Gasteiger partial charge in [-0.3, -0.25) is 9.80 Å². The summed E-state index contributed by atoms with van der Waals surface area (Å²) in [5.41, 5.74) is 0.977. The van der Waals surface area contributed by atoms with Crippen molar-refractivity contribution in [1.29, 1.82) is 0 Å². The predicted molar refractivity (Wildman–Crippen MR) is 99.7 cm³/mol. The number of hydrazone groups is 1. The van der Waals surface area contributed by atoms with Crippen molar-refractivity contribution in [3.63, 3.8) is 0 Å². The van der Waals surface area contributed by atoms with Crippen LogP contribution in [-0.4, -0.2) is 30.4 Å². The monoisotopic (exact) mass is 366 g/mol. The Morgan fingerprint density at radius 2 is 2.11 bits per heavy atom. The first-order chi connectivity index (χ1) is 13.1. The SMILES string of the molecule is CC(=O)C1=NN2c3cc(F)ccc3OCC2C1(CCC=O)c1ccccc1. The molecule has 0 spiro atoms. The van der Waals surface area contributed by atoms with Gasteiger partial charge >= 0.3 is 0 Å². The Kier molecular flexibility index (Phi) is 4.26. The van der Waals surface area contributed by atoms with Gasteiger partial charge in [0.25, 0.3) is 0 Å². The highest BCUT2D eigenvalue weighted by molar-refractivity contribution is 6.43. The number of hydrogen-bond donors (Lipinski definition) is 0. The van der Waals surface area contributed by atoms with E-state index in [1.807, 2.05) is 30.3 Å². The number of carbonyl (C=O) groups is 2. The number of carbonyl (C=O) groups excluding carboxylic acids is 2. The molecule has 5 nitrogen and oxygen atoms in total. The minimum absolute atomic E-state index is 0.169. The highest BCUT2D eigenvalue weighted by Gasteiger charge is 2.55. The first kappa shape index (κ1) is 17.4. The highest BCUT2D eigenvalue weighted by atomic mass is 19.1. The van der Waals surface area contributed by atoms with Gasteiger partial charge in [-0.1, -0.05) is 30.3 Å². The van der Waals surface area contributed by atoms with Crippen LogP contribution >= 0.6 is 0 Å². The third-order valence-corrected chi connectivity index (χ3v) is 5.34. The summed E-state index contributed by atoms with van der Waals surface area (Å²) in [6, 6.07) is 13.5. The van der Waals surface area contributed by atoms with Crippen LogP contribution < -0.4 is 9.75 Å². The van der Waals surface area contributed by atoms with Gasteiger partial charge in [0, 0.05) is 19.4 Å². The number of fused-ring (bicyclic) bond motifs is 3. The van der Waals surface area contributed by atoms with Crippen LogP contribution in [0.3, 0.4) is 0 Å². The zero-order valence-electron chi connectivity index (χ0n) is 14.9. The fourth-order valence-corrected chi connectivity index (χ4v) is 4.19. The summed E-state index contributed by atoms with van der Waals surface area (Å²) in [4.78, 5) is 23.8. The molecule has 27 heavy (non-hydrogen) atoms. The van der Waals surface area contributed by atoms with Crippen LogP contribution in [0, 0.1) is 5.82 Å². The molecule has 0 amide bonds. The number of halogens is 1. The lowest BCUT2D eigenvalue weighted by Gasteiger charge is -2.41. The molecule has 0 saturated heterocycles.